The summed E-state index contributed by atoms with van der Waals surface area (Å²) in [4.78, 5) is 32.4. The number of carbonyl (C=O) groups is 2. The van der Waals surface area contributed by atoms with Crippen molar-refractivity contribution in [2.24, 2.45) is 10.9 Å². The van der Waals surface area contributed by atoms with Crippen molar-refractivity contribution in [3.8, 4) is 5.75 Å². The van der Waals surface area contributed by atoms with Gasteiger partial charge in [-0.05, 0) is 42.2 Å². The molecule has 2 atom stereocenters. The third-order valence-electron chi connectivity index (χ3n) is 5.52. The number of guanidine groups is 1. The van der Waals surface area contributed by atoms with Crippen molar-refractivity contribution >= 4 is 17.8 Å². The molecular formula is C23H25N3O4. The van der Waals surface area contributed by atoms with Gasteiger partial charge in [-0.15, -0.1) is 0 Å². The summed E-state index contributed by atoms with van der Waals surface area (Å²) in [6.07, 6.45) is 0.875. The highest BCUT2D eigenvalue weighted by atomic mass is 16.5. The van der Waals surface area contributed by atoms with Gasteiger partial charge in [-0.3, -0.25) is 14.9 Å². The second kappa shape index (κ2) is 8.57. The van der Waals surface area contributed by atoms with E-state index in [2.05, 4.69) is 22.3 Å². The number of fused-ring (bicyclic) bond motifs is 1. The largest absolute Gasteiger partial charge is 0.497 e. The van der Waals surface area contributed by atoms with Gasteiger partial charge in [-0.25, -0.2) is 4.99 Å². The Kier molecular flexibility index (Phi) is 5.70. The molecule has 0 radical (unpaired) electrons. The molecule has 2 aromatic carbocycles. The van der Waals surface area contributed by atoms with Crippen molar-refractivity contribution in [2.75, 3.05) is 20.3 Å². The maximum Gasteiger partial charge on any atom is 0.321 e. The molecule has 0 bridgehead atoms. The Labute approximate surface area is 175 Å². The van der Waals surface area contributed by atoms with Gasteiger partial charge in [-0.1, -0.05) is 36.4 Å². The molecule has 2 aromatic rings. The molecule has 2 aliphatic rings. The number of ether oxygens (including phenoxy) is 2. The molecule has 0 unspecified atom stereocenters. The zero-order valence-electron chi connectivity index (χ0n) is 17.1. The molecule has 2 heterocycles. The lowest BCUT2D eigenvalue weighted by Gasteiger charge is -2.36. The van der Waals surface area contributed by atoms with Crippen LogP contribution in [0.5, 0.6) is 5.75 Å². The number of esters is 1. The van der Waals surface area contributed by atoms with Gasteiger partial charge >= 0.3 is 5.97 Å². The Morgan fingerprint density at radius 2 is 1.90 bits per heavy atom. The second-order valence-electron chi connectivity index (χ2n) is 7.33. The summed E-state index contributed by atoms with van der Waals surface area (Å²) in [5, 5.41) is 2.84. The first-order chi connectivity index (χ1) is 14.6. The average Bonchev–Trinajstić information content (AvgIpc) is 2.78. The molecule has 0 aliphatic carbocycles. The monoisotopic (exact) mass is 407 g/mol. The molecule has 4 rings (SSSR count). The molecule has 2 aliphatic heterocycles. The first-order valence-corrected chi connectivity index (χ1v) is 10.1. The molecular weight excluding hydrogens is 382 g/mol. The number of nitrogens with one attached hydrogen (secondary N) is 1. The Morgan fingerprint density at radius 1 is 1.17 bits per heavy atom. The van der Waals surface area contributed by atoms with Gasteiger partial charge in [0.1, 0.15) is 11.8 Å². The molecule has 1 N–H and O–H groups in total. The number of nitrogens with zero attached hydrogens (tertiary/aromatic N) is 2. The van der Waals surface area contributed by atoms with E-state index in [4.69, 9.17) is 14.5 Å². The highest BCUT2D eigenvalue weighted by molar-refractivity contribution is 6.08. The minimum Gasteiger partial charge on any atom is -0.497 e. The van der Waals surface area contributed by atoms with E-state index in [0.717, 1.165) is 18.5 Å². The molecule has 0 saturated carbocycles. The highest BCUT2D eigenvalue weighted by Gasteiger charge is 2.42. The molecule has 0 spiro atoms. The number of hydrogen-bond acceptors (Lipinski definition) is 6. The lowest BCUT2D eigenvalue weighted by Crippen LogP contribution is -2.53. The maximum absolute atomic E-state index is 13.0. The Bertz CT molecular complexity index is 971. The number of hydrogen-bond donors (Lipinski definition) is 1. The van der Waals surface area contributed by atoms with Crippen molar-refractivity contribution in [2.45, 2.75) is 25.9 Å². The van der Waals surface area contributed by atoms with Crippen LogP contribution in [0.4, 0.5) is 0 Å². The highest BCUT2D eigenvalue weighted by Crippen LogP contribution is 2.32. The summed E-state index contributed by atoms with van der Waals surface area (Å²) >= 11 is 0. The first kappa shape index (κ1) is 19.9. The third-order valence-corrected chi connectivity index (χ3v) is 5.52. The zero-order chi connectivity index (χ0) is 21.1. The Morgan fingerprint density at radius 3 is 2.60 bits per heavy atom. The van der Waals surface area contributed by atoms with Crippen LogP contribution in [0.3, 0.4) is 0 Å². The van der Waals surface area contributed by atoms with E-state index in [1.165, 1.54) is 11.1 Å². The topological polar surface area (TPSA) is 80.2 Å². The van der Waals surface area contributed by atoms with Gasteiger partial charge in [0, 0.05) is 13.1 Å². The van der Waals surface area contributed by atoms with Crippen LogP contribution < -0.4 is 10.1 Å². The summed E-state index contributed by atoms with van der Waals surface area (Å²) in [7, 11) is 1.59. The predicted octanol–water partition coefficient (Wildman–Crippen LogP) is 2.46. The van der Waals surface area contributed by atoms with Crippen LogP contribution in [-0.2, 0) is 27.3 Å². The van der Waals surface area contributed by atoms with Crippen molar-refractivity contribution < 1.29 is 19.1 Å². The van der Waals surface area contributed by atoms with Crippen LogP contribution in [0, 0.1) is 5.92 Å². The van der Waals surface area contributed by atoms with Gasteiger partial charge < -0.3 is 14.4 Å². The van der Waals surface area contributed by atoms with E-state index in [1.54, 1.807) is 26.2 Å². The molecule has 0 fully saturated rings. The Balaban J connectivity index is 1.68. The molecule has 7 heteroatoms. The SMILES string of the molecule is CCOC(=O)[C@H]1C(=O)NC(N2CCc3ccccc3C2)=N[C@@H]1c1ccc(OC)cc1. The summed E-state index contributed by atoms with van der Waals surface area (Å²) in [6.45, 7) is 3.34. The summed E-state index contributed by atoms with van der Waals surface area (Å²) in [5.74, 6) is -0.792. The van der Waals surface area contributed by atoms with E-state index in [1.807, 2.05) is 24.3 Å². The van der Waals surface area contributed by atoms with E-state index in [9.17, 15) is 9.59 Å². The predicted molar refractivity (Wildman–Crippen MR) is 112 cm³/mol. The molecule has 0 saturated heterocycles. The van der Waals surface area contributed by atoms with Crippen LogP contribution in [0.2, 0.25) is 0 Å². The number of aliphatic imine (C=N–C) groups is 1. The van der Waals surface area contributed by atoms with Gasteiger partial charge in [0.05, 0.1) is 13.7 Å². The summed E-state index contributed by atoms with van der Waals surface area (Å²) < 4.78 is 10.4. The van der Waals surface area contributed by atoms with Gasteiger partial charge in [0.15, 0.2) is 5.92 Å². The maximum atomic E-state index is 13.0. The molecule has 156 valence electrons. The summed E-state index contributed by atoms with van der Waals surface area (Å²) in [6, 6.07) is 14.9. The van der Waals surface area contributed by atoms with Crippen LogP contribution in [-0.4, -0.2) is 43.0 Å². The quantitative estimate of drug-likeness (QED) is 0.622. The van der Waals surface area contributed by atoms with E-state index < -0.39 is 23.8 Å². The van der Waals surface area contributed by atoms with Crippen molar-refractivity contribution in [3.05, 3.63) is 65.2 Å². The van der Waals surface area contributed by atoms with Gasteiger partial charge in [-0.2, -0.15) is 0 Å². The minimum absolute atomic E-state index is 0.206. The van der Waals surface area contributed by atoms with Crippen LogP contribution in [0.15, 0.2) is 53.5 Å². The van der Waals surface area contributed by atoms with Crippen molar-refractivity contribution in [1.29, 1.82) is 0 Å². The van der Waals surface area contributed by atoms with E-state index in [-0.39, 0.29) is 6.61 Å². The third kappa shape index (κ3) is 3.87. The van der Waals surface area contributed by atoms with E-state index >= 15 is 0 Å². The molecule has 7 nitrogen and oxygen atoms in total. The van der Waals surface area contributed by atoms with Crippen LogP contribution >= 0.6 is 0 Å². The first-order valence-electron chi connectivity index (χ1n) is 10.1. The fourth-order valence-electron chi connectivity index (χ4n) is 3.94. The summed E-state index contributed by atoms with van der Waals surface area (Å²) in [5.41, 5.74) is 3.29. The van der Waals surface area contributed by atoms with Crippen LogP contribution in [0.1, 0.15) is 29.7 Å². The number of carbonyl (C=O) groups excluding carboxylic acids is 2. The number of amides is 1. The lowest BCUT2D eigenvalue weighted by atomic mass is 9.91. The fraction of sp³-hybridized carbons (Fsp3) is 0.348. The van der Waals surface area contributed by atoms with Crippen molar-refractivity contribution in [1.82, 2.24) is 10.2 Å². The standard InChI is InChI=1S/C23H25N3O4/c1-3-30-22(28)19-20(16-8-10-18(29-2)11-9-16)24-23(25-21(19)27)26-13-12-15-6-4-5-7-17(15)14-26/h4-11,19-20H,3,12-14H2,1-2H3,(H,24,25,27)/t19-,20-/m1/s1. The Hall–Kier alpha value is -3.35. The minimum atomic E-state index is -1.03. The molecule has 0 aromatic heterocycles. The lowest BCUT2D eigenvalue weighted by molar-refractivity contribution is -0.153. The fourth-order valence-corrected chi connectivity index (χ4v) is 3.94. The number of methoxy groups -OCH3 is 1. The molecule has 1 amide bonds. The van der Waals surface area contributed by atoms with Gasteiger partial charge in [0.25, 0.3) is 0 Å². The van der Waals surface area contributed by atoms with Crippen LogP contribution in [0.25, 0.3) is 0 Å². The number of rotatable bonds is 4. The zero-order valence-corrected chi connectivity index (χ0v) is 17.1. The second-order valence-corrected chi connectivity index (χ2v) is 7.33. The molecule has 30 heavy (non-hydrogen) atoms. The average molecular weight is 407 g/mol. The number of benzene rings is 2. The van der Waals surface area contributed by atoms with Gasteiger partial charge in [0.2, 0.25) is 11.9 Å². The smallest absolute Gasteiger partial charge is 0.321 e. The van der Waals surface area contributed by atoms with E-state index in [0.29, 0.717) is 18.3 Å². The normalized spacial score (nSPS) is 20.7. The van der Waals surface area contributed by atoms with Crippen molar-refractivity contribution in [3.63, 3.8) is 0 Å².